The molecule has 18 heavy (non-hydrogen) atoms. The lowest BCUT2D eigenvalue weighted by Gasteiger charge is -2.21. The number of hydrogen-bond acceptors (Lipinski definition) is 4. The van der Waals surface area contributed by atoms with Gasteiger partial charge in [0, 0.05) is 37.1 Å². The zero-order valence-electron chi connectivity index (χ0n) is 11.1. The minimum atomic E-state index is -0.300. The van der Waals surface area contributed by atoms with Gasteiger partial charge in [0.15, 0.2) is 0 Å². The summed E-state index contributed by atoms with van der Waals surface area (Å²) in [6.07, 6.45) is -0.300. The Labute approximate surface area is 108 Å². The predicted octanol–water partition coefficient (Wildman–Crippen LogP) is 0.302. The summed E-state index contributed by atoms with van der Waals surface area (Å²) in [7, 11) is 3.98. The zero-order valence-corrected chi connectivity index (χ0v) is 11.1. The summed E-state index contributed by atoms with van der Waals surface area (Å²) >= 11 is 0. The van der Waals surface area contributed by atoms with E-state index in [9.17, 15) is 5.11 Å². The Morgan fingerprint density at radius 1 is 1.56 bits per heavy atom. The van der Waals surface area contributed by atoms with E-state index >= 15 is 0 Å². The molecule has 5 heteroatoms. The highest BCUT2D eigenvalue weighted by Crippen LogP contribution is 2.18. The van der Waals surface area contributed by atoms with Crippen LogP contribution in [-0.4, -0.2) is 59.2 Å². The van der Waals surface area contributed by atoms with Crippen LogP contribution in [0.25, 0.3) is 0 Å². The molecule has 0 aliphatic carbocycles. The summed E-state index contributed by atoms with van der Waals surface area (Å²) in [6, 6.07) is 4.25. The standard InChI is InChI=1S/C13H20N4O/c1-9-10(5-14)4-11(15-9)6-17-7-12(16(2)3)13(18)8-17/h4,12-13,15,18H,6-8H2,1-3H3/t12-,13-/m0/s1. The van der Waals surface area contributed by atoms with Crippen molar-refractivity contribution in [3.63, 3.8) is 0 Å². The first kappa shape index (κ1) is 13.1. The molecule has 1 aliphatic rings. The lowest BCUT2D eigenvalue weighted by molar-refractivity contribution is 0.112. The van der Waals surface area contributed by atoms with Gasteiger partial charge in [-0.25, -0.2) is 0 Å². The summed E-state index contributed by atoms with van der Waals surface area (Å²) in [6.45, 7) is 4.20. The average molecular weight is 248 g/mol. The Morgan fingerprint density at radius 3 is 2.78 bits per heavy atom. The third-order valence-electron chi connectivity index (χ3n) is 3.58. The number of β-amino-alcohol motifs (C(OH)–C–C–N with tert-alkyl or cyclic N) is 1. The molecule has 1 aromatic rings. The molecule has 0 unspecified atom stereocenters. The number of nitrogens with zero attached hydrogens (tertiary/aromatic N) is 3. The second kappa shape index (κ2) is 5.11. The van der Waals surface area contributed by atoms with E-state index in [1.807, 2.05) is 27.1 Å². The van der Waals surface area contributed by atoms with Gasteiger partial charge < -0.3 is 15.0 Å². The van der Waals surface area contributed by atoms with Gasteiger partial charge in [-0.1, -0.05) is 0 Å². The van der Waals surface area contributed by atoms with Crippen LogP contribution in [0.15, 0.2) is 6.07 Å². The lowest BCUT2D eigenvalue weighted by Crippen LogP contribution is -2.37. The number of aromatic amines is 1. The van der Waals surface area contributed by atoms with E-state index in [1.54, 1.807) is 0 Å². The number of likely N-dealkylation sites (N-methyl/N-ethyl adjacent to an activating group) is 1. The van der Waals surface area contributed by atoms with Crippen LogP contribution in [0.5, 0.6) is 0 Å². The topological polar surface area (TPSA) is 66.3 Å². The maximum atomic E-state index is 9.97. The number of aliphatic hydroxyl groups excluding tert-OH is 1. The van der Waals surface area contributed by atoms with Gasteiger partial charge in [-0.2, -0.15) is 5.26 Å². The number of aryl methyl sites for hydroxylation is 1. The van der Waals surface area contributed by atoms with Crippen LogP contribution >= 0.6 is 0 Å². The summed E-state index contributed by atoms with van der Waals surface area (Å²) in [4.78, 5) is 7.49. The van der Waals surface area contributed by atoms with Crippen molar-refractivity contribution in [2.75, 3.05) is 27.2 Å². The largest absolute Gasteiger partial charge is 0.390 e. The van der Waals surface area contributed by atoms with E-state index < -0.39 is 0 Å². The van der Waals surface area contributed by atoms with E-state index in [0.717, 1.165) is 24.5 Å². The number of aromatic nitrogens is 1. The summed E-state index contributed by atoms with van der Waals surface area (Å²) in [5, 5.41) is 18.9. The van der Waals surface area contributed by atoms with E-state index in [2.05, 4.69) is 20.9 Å². The van der Waals surface area contributed by atoms with Crippen LogP contribution in [0.3, 0.4) is 0 Å². The van der Waals surface area contributed by atoms with Gasteiger partial charge in [0.2, 0.25) is 0 Å². The third-order valence-corrected chi connectivity index (χ3v) is 3.58. The molecule has 1 aliphatic heterocycles. The fourth-order valence-electron chi connectivity index (χ4n) is 2.55. The summed E-state index contributed by atoms with van der Waals surface area (Å²) < 4.78 is 0. The smallest absolute Gasteiger partial charge is 0.101 e. The van der Waals surface area contributed by atoms with Gasteiger partial charge in [-0.15, -0.1) is 0 Å². The first-order valence-electron chi connectivity index (χ1n) is 6.16. The van der Waals surface area contributed by atoms with Crippen LogP contribution in [0, 0.1) is 18.3 Å². The first-order valence-corrected chi connectivity index (χ1v) is 6.16. The quantitative estimate of drug-likeness (QED) is 0.807. The van der Waals surface area contributed by atoms with Gasteiger partial charge in [-0.3, -0.25) is 4.90 Å². The fourth-order valence-corrected chi connectivity index (χ4v) is 2.55. The highest BCUT2D eigenvalue weighted by Gasteiger charge is 2.32. The summed E-state index contributed by atoms with van der Waals surface area (Å²) in [5.41, 5.74) is 2.65. The first-order chi connectivity index (χ1) is 8.51. The monoisotopic (exact) mass is 248 g/mol. The molecule has 0 bridgehead atoms. The molecule has 0 amide bonds. The molecule has 1 fully saturated rings. The zero-order chi connectivity index (χ0) is 13.3. The molecular formula is C13H20N4O. The molecule has 2 atom stereocenters. The van der Waals surface area contributed by atoms with E-state index in [0.29, 0.717) is 12.1 Å². The highest BCUT2D eigenvalue weighted by molar-refractivity contribution is 5.35. The van der Waals surface area contributed by atoms with E-state index in [4.69, 9.17) is 5.26 Å². The van der Waals surface area contributed by atoms with Crippen molar-refractivity contribution in [2.24, 2.45) is 0 Å². The Morgan fingerprint density at radius 2 is 2.28 bits per heavy atom. The van der Waals surface area contributed by atoms with E-state index in [1.165, 1.54) is 0 Å². The van der Waals surface area contributed by atoms with Crippen LogP contribution < -0.4 is 0 Å². The van der Waals surface area contributed by atoms with Crippen molar-refractivity contribution in [2.45, 2.75) is 25.6 Å². The Balaban J connectivity index is 2.01. The van der Waals surface area contributed by atoms with Crippen molar-refractivity contribution in [1.29, 1.82) is 5.26 Å². The Kier molecular flexibility index (Phi) is 3.71. The summed E-state index contributed by atoms with van der Waals surface area (Å²) in [5.74, 6) is 0. The van der Waals surface area contributed by atoms with Crippen molar-refractivity contribution in [1.82, 2.24) is 14.8 Å². The molecule has 2 rings (SSSR count). The van der Waals surface area contributed by atoms with Crippen LogP contribution in [0.1, 0.15) is 17.0 Å². The maximum absolute atomic E-state index is 9.97. The molecule has 98 valence electrons. The molecule has 0 saturated carbocycles. The molecule has 0 aromatic carbocycles. The van der Waals surface area contributed by atoms with Crippen LogP contribution in [0.2, 0.25) is 0 Å². The minimum absolute atomic E-state index is 0.191. The van der Waals surface area contributed by atoms with Crippen molar-refractivity contribution >= 4 is 0 Å². The molecule has 2 N–H and O–H groups in total. The van der Waals surface area contributed by atoms with Crippen molar-refractivity contribution < 1.29 is 5.11 Å². The fraction of sp³-hybridized carbons (Fsp3) is 0.615. The number of rotatable bonds is 3. The average Bonchev–Trinajstić information content (AvgIpc) is 2.82. The molecule has 1 aromatic heterocycles. The van der Waals surface area contributed by atoms with Gasteiger partial charge in [0.1, 0.15) is 6.07 Å². The van der Waals surface area contributed by atoms with Gasteiger partial charge in [0.25, 0.3) is 0 Å². The second-order valence-corrected chi connectivity index (χ2v) is 5.24. The van der Waals surface area contributed by atoms with Crippen LogP contribution in [0.4, 0.5) is 0 Å². The molecular weight excluding hydrogens is 228 g/mol. The number of hydrogen-bond donors (Lipinski definition) is 2. The number of H-pyrrole nitrogens is 1. The Bertz CT molecular complexity index is 460. The highest BCUT2D eigenvalue weighted by atomic mass is 16.3. The molecule has 0 spiro atoms. The van der Waals surface area contributed by atoms with Crippen molar-refractivity contribution in [3.8, 4) is 6.07 Å². The second-order valence-electron chi connectivity index (χ2n) is 5.24. The number of aliphatic hydroxyl groups is 1. The van der Waals surface area contributed by atoms with Gasteiger partial charge >= 0.3 is 0 Å². The van der Waals surface area contributed by atoms with Crippen molar-refractivity contribution in [3.05, 3.63) is 23.0 Å². The molecule has 2 heterocycles. The third kappa shape index (κ3) is 2.56. The lowest BCUT2D eigenvalue weighted by atomic mass is 10.2. The molecule has 0 radical (unpaired) electrons. The number of nitrogens with one attached hydrogen (secondary N) is 1. The van der Waals surface area contributed by atoms with Gasteiger partial charge in [-0.05, 0) is 27.1 Å². The Hall–Kier alpha value is -1.35. The number of nitriles is 1. The van der Waals surface area contributed by atoms with Crippen LogP contribution in [-0.2, 0) is 6.54 Å². The number of likely N-dealkylation sites (tertiary alicyclic amines) is 1. The maximum Gasteiger partial charge on any atom is 0.101 e. The van der Waals surface area contributed by atoms with E-state index in [-0.39, 0.29) is 12.1 Å². The normalized spacial score (nSPS) is 24.7. The molecule has 1 saturated heterocycles. The predicted molar refractivity (Wildman–Crippen MR) is 69.0 cm³/mol. The molecule has 5 nitrogen and oxygen atoms in total. The minimum Gasteiger partial charge on any atom is -0.390 e. The SMILES string of the molecule is Cc1[nH]c(CN2C[C@H](O)[C@@H](N(C)C)C2)cc1C#N. The van der Waals surface area contributed by atoms with Gasteiger partial charge in [0.05, 0.1) is 11.7 Å².